The third-order valence-corrected chi connectivity index (χ3v) is 5.92. The first-order chi connectivity index (χ1) is 14.7. The quantitative estimate of drug-likeness (QED) is 0.356. The van der Waals surface area contributed by atoms with E-state index in [1.165, 1.54) is 18.1 Å². The van der Waals surface area contributed by atoms with Gasteiger partial charge in [0.25, 0.3) is 5.91 Å². The number of anilines is 3. The van der Waals surface area contributed by atoms with Gasteiger partial charge in [-0.15, -0.1) is 0 Å². The second-order valence-electron chi connectivity index (χ2n) is 7.49. The first-order valence-electron chi connectivity index (χ1n) is 9.99. The average molecular weight is 441 g/mol. The SMILES string of the molecule is CC(=O)/C(N)=C/N(N)c1cc(NC(=O)c2cc(C)cc(N3CCSCC3)c2)cnc1C. The Labute approximate surface area is 186 Å². The molecule has 9 heteroatoms. The lowest BCUT2D eigenvalue weighted by Gasteiger charge is -2.29. The number of hydrogen-bond donors (Lipinski definition) is 3. The third-order valence-electron chi connectivity index (χ3n) is 4.98. The molecule has 1 aliphatic rings. The van der Waals surface area contributed by atoms with E-state index >= 15 is 0 Å². The van der Waals surface area contributed by atoms with Crippen LogP contribution in [0.15, 0.2) is 42.4 Å². The van der Waals surface area contributed by atoms with Crippen molar-refractivity contribution in [3.05, 3.63) is 59.2 Å². The van der Waals surface area contributed by atoms with Crippen LogP contribution in [-0.2, 0) is 4.79 Å². The van der Waals surface area contributed by atoms with E-state index in [1.54, 1.807) is 19.2 Å². The average Bonchev–Trinajstić information content (AvgIpc) is 2.75. The number of amides is 1. The lowest BCUT2D eigenvalue weighted by Crippen LogP contribution is -2.32. The Bertz CT molecular complexity index is 1020. The molecule has 3 rings (SSSR count). The Morgan fingerprint density at radius 1 is 1.19 bits per heavy atom. The number of ketones is 1. The van der Waals surface area contributed by atoms with Gasteiger partial charge in [-0.3, -0.25) is 19.6 Å². The van der Waals surface area contributed by atoms with E-state index in [0.717, 1.165) is 35.8 Å². The number of nitrogens with one attached hydrogen (secondary N) is 1. The minimum atomic E-state index is -0.284. The molecule has 1 saturated heterocycles. The summed E-state index contributed by atoms with van der Waals surface area (Å²) in [5.74, 6) is 7.70. The van der Waals surface area contributed by atoms with Gasteiger partial charge in [0.05, 0.1) is 29.0 Å². The molecule has 0 spiro atoms. The smallest absolute Gasteiger partial charge is 0.255 e. The zero-order valence-corrected chi connectivity index (χ0v) is 18.8. The van der Waals surface area contributed by atoms with Gasteiger partial charge in [-0.2, -0.15) is 11.8 Å². The molecule has 5 N–H and O–H groups in total. The number of thioether (sulfide) groups is 1. The van der Waals surface area contributed by atoms with Gasteiger partial charge < -0.3 is 16.0 Å². The predicted octanol–water partition coefficient (Wildman–Crippen LogP) is 2.57. The lowest BCUT2D eigenvalue weighted by molar-refractivity contribution is -0.113. The molecule has 2 aromatic rings. The molecule has 31 heavy (non-hydrogen) atoms. The second kappa shape index (κ2) is 9.84. The summed E-state index contributed by atoms with van der Waals surface area (Å²) in [6, 6.07) is 7.59. The van der Waals surface area contributed by atoms with E-state index in [9.17, 15) is 9.59 Å². The van der Waals surface area contributed by atoms with Crippen LogP contribution in [0.5, 0.6) is 0 Å². The number of benzene rings is 1. The summed E-state index contributed by atoms with van der Waals surface area (Å²) in [5, 5.41) is 4.12. The summed E-state index contributed by atoms with van der Waals surface area (Å²) >= 11 is 1.95. The van der Waals surface area contributed by atoms with Crippen LogP contribution in [0.2, 0.25) is 0 Å². The summed E-state index contributed by atoms with van der Waals surface area (Å²) in [7, 11) is 0. The first kappa shape index (κ1) is 22.6. The maximum absolute atomic E-state index is 13.0. The van der Waals surface area contributed by atoms with Crippen LogP contribution in [0.3, 0.4) is 0 Å². The summed E-state index contributed by atoms with van der Waals surface area (Å²) in [5.41, 5.74) is 10.0. The van der Waals surface area contributed by atoms with Crippen LogP contribution in [0.4, 0.5) is 17.1 Å². The van der Waals surface area contributed by atoms with Crippen molar-refractivity contribution in [3.63, 3.8) is 0 Å². The van der Waals surface area contributed by atoms with Crippen molar-refractivity contribution < 1.29 is 9.59 Å². The van der Waals surface area contributed by atoms with Crippen molar-refractivity contribution in [1.29, 1.82) is 0 Å². The van der Waals surface area contributed by atoms with Gasteiger partial charge in [0.15, 0.2) is 5.78 Å². The number of pyridine rings is 1. The standard InChI is InChI=1S/C22H28N6O2S/c1-14-8-17(10-19(9-14)27-4-6-31-7-5-27)22(30)26-18-11-21(15(2)25-12-18)28(24)13-20(23)16(3)29/h8-13H,4-7,23-24H2,1-3H3,(H,26,30)/b20-13-. The molecule has 1 amide bonds. The van der Waals surface area contributed by atoms with Gasteiger partial charge >= 0.3 is 0 Å². The van der Waals surface area contributed by atoms with Crippen molar-refractivity contribution in [2.75, 3.05) is 39.8 Å². The first-order valence-corrected chi connectivity index (χ1v) is 11.1. The molecule has 0 unspecified atom stereocenters. The van der Waals surface area contributed by atoms with Crippen molar-refractivity contribution in [2.45, 2.75) is 20.8 Å². The maximum atomic E-state index is 13.0. The molecule has 0 saturated carbocycles. The summed E-state index contributed by atoms with van der Waals surface area (Å²) in [6.45, 7) is 7.08. The number of aryl methyl sites for hydroxylation is 2. The number of hydrazine groups is 1. The van der Waals surface area contributed by atoms with E-state index in [1.807, 2.05) is 30.8 Å². The van der Waals surface area contributed by atoms with E-state index < -0.39 is 0 Å². The molecule has 0 radical (unpaired) electrons. The van der Waals surface area contributed by atoms with Crippen molar-refractivity contribution in [2.24, 2.45) is 11.6 Å². The number of carbonyl (C=O) groups is 2. The Morgan fingerprint density at radius 3 is 2.58 bits per heavy atom. The van der Waals surface area contributed by atoms with Crippen LogP contribution in [0, 0.1) is 13.8 Å². The monoisotopic (exact) mass is 440 g/mol. The highest BCUT2D eigenvalue weighted by Crippen LogP contribution is 2.25. The molecule has 1 aliphatic heterocycles. The maximum Gasteiger partial charge on any atom is 0.255 e. The molecule has 164 valence electrons. The Hall–Kier alpha value is -3.04. The highest BCUT2D eigenvalue weighted by molar-refractivity contribution is 7.99. The van der Waals surface area contributed by atoms with Gasteiger partial charge in [0.2, 0.25) is 0 Å². The number of nitrogens with zero attached hydrogens (tertiary/aromatic N) is 3. The number of rotatable bonds is 6. The predicted molar refractivity (Wildman–Crippen MR) is 127 cm³/mol. The van der Waals surface area contributed by atoms with Gasteiger partial charge in [-0.1, -0.05) is 0 Å². The van der Waals surface area contributed by atoms with Crippen molar-refractivity contribution in [1.82, 2.24) is 4.98 Å². The fourth-order valence-corrected chi connectivity index (χ4v) is 4.17. The number of hydrogen-bond acceptors (Lipinski definition) is 8. The second-order valence-corrected chi connectivity index (χ2v) is 8.71. The van der Waals surface area contributed by atoms with Crippen LogP contribution in [-0.4, -0.2) is 41.3 Å². The Balaban J connectivity index is 1.81. The number of Topliss-reactive ketones (excluding diaryl/α,β-unsaturated/α-hetero) is 1. The van der Waals surface area contributed by atoms with E-state index in [0.29, 0.717) is 22.6 Å². The highest BCUT2D eigenvalue weighted by Gasteiger charge is 2.16. The summed E-state index contributed by atoms with van der Waals surface area (Å²) in [6.07, 6.45) is 2.91. The third kappa shape index (κ3) is 5.77. The minimum Gasteiger partial charge on any atom is -0.395 e. The van der Waals surface area contributed by atoms with Crippen molar-refractivity contribution in [3.8, 4) is 0 Å². The molecule has 0 atom stereocenters. The molecule has 8 nitrogen and oxygen atoms in total. The zero-order chi connectivity index (χ0) is 22.5. The number of nitrogens with two attached hydrogens (primary N) is 2. The highest BCUT2D eigenvalue weighted by atomic mass is 32.2. The normalized spacial score (nSPS) is 14.3. The topological polar surface area (TPSA) is 118 Å². The summed E-state index contributed by atoms with van der Waals surface area (Å²) < 4.78 is 0. The van der Waals surface area contributed by atoms with Gasteiger partial charge in [0, 0.05) is 49.0 Å². The van der Waals surface area contributed by atoms with Crippen molar-refractivity contribution >= 4 is 40.5 Å². The molecule has 1 aromatic carbocycles. The summed E-state index contributed by atoms with van der Waals surface area (Å²) in [4.78, 5) is 30.9. The molecule has 0 bridgehead atoms. The number of aromatic nitrogens is 1. The van der Waals surface area contributed by atoms with Crippen LogP contribution in [0.1, 0.15) is 28.5 Å². The molecular weight excluding hydrogens is 412 g/mol. The molecule has 1 fully saturated rings. The molecule has 2 heterocycles. The van der Waals surface area contributed by atoms with Gasteiger partial charge in [0.1, 0.15) is 0 Å². The number of allylic oxidation sites excluding steroid dienone is 1. The van der Waals surface area contributed by atoms with E-state index in [2.05, 4.69) is 21.3 Å². The van der Waals surface area contributed by atoms with Crippen LogP contribution >= 0.6 is 11.8 Å². The Morgan fingerprint density at radius 2 is 1.90 bits per heavy atom. The van der Waals surface area contributed by atoms with Crippen LogP contribution in [0.25, 0.3) is 0 Å². The minimum absolute atomic E-state index is 0.0275. The largest absolute Gasteiger partial charge is 0.395 e. The van der Waals surface area contributed by atoms with Crippen LogP contribution < -0.4 is 26.8 Å². The van der Waals surface area contributed by atoms with E-state index in [4.69, 9.17) is 11.6 Å². The zero-order valence-electron chi connectivity index (χ0n) is 18.0. The lowest BCUT2D eigenvalue weighted by atomic mass is 10.1. The van der Waals surface area contributed by atoms with Gasteiger partial charge in [-0.25, -0.2) is 5.84 Å². The molecule has 1 aromatic heterocycles. The molecule has 0 aliphatic carbocycles. The Kier molecular flexibility index (Phi) is 7.19. The molecular formula is C22H28N6O2S. The van der Waals surface area contributed by atoms with E-state index in [-0.39, 0.29) is 17.4 Å². The number of carbonyl (C=O) groups excluding carboxylic acids is 2. The van der Waals surface area contributed by atoms with Gasteiger partial charge in [-0.05, 0) is 43.7 Å². The fraction of sp³-hybridized carbons (Fsp3) is 0.318. The fourth-order valence-electron chi connectivity index (χ4n) is 3.26.